The Morgan fingerprint density at radius 3 is 2.21 bits per heavy atom. The summed E-state index contributed by atoms with van der Waals surface area (Å²) >= 11 is 0. The number of urea groups is 1. The molecule has 0 aromatic carbocycles. The first-order chi connectivity index (χ1) is 8.99. The van der Waals surface area contributed by atoms with E-state index in [1.54, 1.807) is 31.1 Å². The van der Waals surface area contributed by atoms with Crippen LogP contribution >= 0.6 is 0 Å². The second-order valence-corrected chi connectivity index (χ2v) is 5.14. The second-order valence-electron chi connectivity index (χ2n) is 5.14. The van der Waals surface area contributed by atoms with Gasteiger partial charge in [0.15, 0.2) is 6.29 Å². The third-order valence-corrected chi connectivity index (χ3v) is 3.79. The molecule has 1 rings (SSSR count). The lowest BCUT2D eigenvalue weighted by atomic mass is 9.92. The van der Waals surface area contributed by atoms with Crippen LogP contribution in [0.25, 0.3) is 0 Å². The monoisotopic (exact) mass is 274 g/mol. The number of hydrogen-bond donors (Lipinski definition) is 1. The number of hydrogen-bond acceptors (Lipinski definition) is 4. The number of likely N-dealkylation sites (N-methyl/N-ethyl adjacent to an activating group) is 1. The van der Waals surface area contributed by atoms with Gasteiger partial charge in [-0.25, -0.2) is 4.79 Å². The maximum Gasteiger partial charge on any atom is 0.319 e. The van der Waals surface area contributed by atoms with Gasteiger partial charge in [0.2, 0.25) is 0 Å². The number of carbonyl (C=O) groups is 1. The average Bonchev–Trinajstić information content (AvgIpc) is 2.43. The lowest BCUT2D eigenvalue weighted by molar-refractivity contribution is -0.110. The van der Waals surface area contributed by atoms with Crippen LogP contribution in [0.15, 0.2) is 0 Å². The molecule has 2 amide bonds. The molecule has 1 saturated carbocycles. The highest BCUT2D eigenvalue weighted by Crippen LogP contribution is 2.22. The molecule has 112 valence electrons. The molecule has 0 spiro atoms. The van der Waals surface area contributed by atoms with Gasteiger partial charge >= 0.3 is 6.03 Å². The minimum atomic E-state index is -0.407. The van der Waals surface area contributed by atoms with E-state index in [9.17, 15) is 9.90 Å². The van der Waals surface area contributed by atoms with Crippen molar-refractivity contribution in [2.75, 3.05) is 34.9 Å². The maximum absolute atomic E-state index is 12.3. The number of nitrogens with zero attached hydrogens (tertiary/aromatic N) is 2. The third kappa shape index (κ3) is 4.63. The zero-order valence-corrected chi connectivity index (χ0v) is 12.3. The summed E-state index contributed by atoms with van der Waals surface area (Å²) in [4.78, 5) is 15.6. The molecule has 1 aliphatic rings. The highest BCUT2D eigenvalue weighted by Gasteiger charge is 2.27. The maximum atomic E-state index is 12.3. The Morgan fingerprint density at radius 1 is 1.21 bits per heavy atom. The van der Waals surface area contributed by atoms with Crippen molar-refractivity contribution in [2.45, 2.75) is 44.1 Å². The number of carbonyl (C=O) groups excluding carboxylic acids is 1. The predicted molar refractivity (Wildman–Crippen MR) is 71.9 cm³/mol. The highest BCUT2D eigenvalue weighted by atomic mass is 16.7. The fraction of sp³-hybridized carbons (Fsp3) is 0.923. The zero-order chi connectivity index (χ0) is 14.4. The van der Waals surface area contributed by atoms with Crippen LogP contribution in [0.5, 0.6) is 0 Å². The molecule has 1 N–H and O–H groups in total. The van der Waals surface area contributed by atoms with Gasteiger partial charge < -0.3 is 24.4 Å². The first-order valence-electron chi connectivity index (χ1n) is 6.71. The smallest absolute Gasteiger partial charge is 0.319 e. The Kier molecular flexibility index (Phi) is 6.54. The molecular formula is C13H26N2O4. The summed E-state index contributed by atoms with van der Waals surface area (Å²) in [7, 11) is 6.66. The van der Waals surface area contributed by atoms with Crippen molar-refractivity contribution in [1.82, 2.24) is 9.80 Å². The standard InChI is InChI=1S/C13H26N2O4/c1-14(9-12(18-3)19-4)13(17)15(2)10-5-7-11(16)8-6-10/h10-12,16H,5-9H2,1-4H3/t10-,11-. The molecule has 0 atom stereocenters. The van der Waals surface area contributed by atoms with Crippen LogP contribution in [0, 0.1) is 0 Å². The summed E-state index contributed by atoms with van der Waals surface area (Å²) in [5.74, 6) is 0. The lowest BCUT2D eigenvalue weighted by Crippen LogP contribution is -2.48. The molecule has 0 aliphatic heterocycles. The molecule has 19 heavy (non-hydrogen) atoms. The zero-order valence-electron chi connectivity index (χ0n) is 12.3. The van der Waals surface area contributed by atoms with E-state index in [2.05, 4.69) is 0 Å². The summed E-state index contributed by atoms with van der Waals surface area (Å²) in [5, 5.41) is 9.49. The Hall–Kier alpha value is -0.850. The SMILES string of the molecule is COC(CN(C)C(=O)N(C)[C@H]1CC[C@H](O)CC1)OC. The van der Waals surface area contributed by atoms with E-state index in [1.165, 1.54) is 0 Å². The molecule has 1 fully saturated rings. The Bertz CT molecular complexity index is 276. The Labute approximate surface area is 115 Å². The first-order valence-corrected chi connectivity index (χ1v) is 6.71. The lowest BCUT2D eigenvalue weighted by Gasteiger charge is -2.35. The quantitative estimate of drug-likeness (QED) is 0.756. The van der Waals surface area contributed by atoms with Crippen molar-refractivity contribution in [3.05, 3.63) is 0 Å². The molecule has 0 saturated heterocycles. The molecule has 6 nitrogen and oxygen atoms in total. The summed E-state index contributed by atoms with van der Waals surface area (Å²) in [6.07, 6.45) is 2.64. The van der Waals surface area contributed by atoms with Crippen molar-refractivity contribution in [2.24, 2.45) is 0 Å². The van der Waals surface area contributed by atoms with Gasteiger partial charge in [0, 0.05) is 34.4 Å². The van der Waals surface area contributed by atoms with Crippen LogP contribution in [0.3, 0.4) is 0 Å². The number of methoxy groups -OCH3 is 2. The fourth-order valence-electron chi connectivity index (χ4n) is 2.42. The topological polar surface area (TPSA) is 62.2 Å². The minimum Gasteiger partial charge on any atom is -0.393 e. The third-order valence-electron chi connectivity index (χ3n) is 3.79. The van der Waals surface area contributed by atoms with E-state index in [1.807, 2.05) is 7.05 Å². The van der Waals surface area contributed by atoms with Crippen molar-refractivity contribution in [3.8, 4) is 0 Å². The predicted octanol–water partition coefficient (Wildman–Crippen LogP) is 0.892. The number of rotatable bonds is 5. The molecule has 1 aliphatic carbocycles. The van der Waals surface area contributed by atoms with E-state index in [0.717, 1.165) is 25.7 Å². The second kappa shape index (κ2) is 7.67. The normalized spacial score (nSPS) is 23.5. The van der Waals surface area contributed by atoms with E-state index in [-0.39, 0.29) is 18.2 Å². The summed E-state index contributed by atoms with van der Waals surface area (Å²) in [6.45, 7) is 0.394. The van der Waals surface area contributed by atoms with E-state index >= 15 is 0 Å². The van der Waals surface area contributed by atoms with Crippen molar-refractivity contribution < 1.29 is 19.4 Å². The molecule has 6 heteroatoms. The largest absolute Gasteiger partial charge is 0.393 e. The van der Waals surface area contributed by atoms with Crippen LogP contribution in [0.2, 0.25) is 0 Å². The Balaban J connectivity index is 2.46. The van der Waals surface area contributed by atoms with Crippen LogP contribution in [-0.2, 0) is 9.47 Å². The molecule has 0 heterocycles. The molecule has 0 bridgehead atoms. The van der Waals surface area contributed by atoms with Gasteiger partial charge in [-0.3, -0.25) is 0 Å². The van der Waals surface area contributed by atoms with Crippen LogP contribution < -0.4 is 0 Å². The number of amides is 2. The summed E-state index contributed by atoms with van der Waals surface area (Å²) in [6, 6.07) is 0.169. The van der Waals surface area contributed by atoms with Gasteiger partial charge in [-0.2, -0.15) is 0 Å². The van der Waals surface area contributed by atoms with E-state index < -0.39 is 6.29 Å². The molecule has 0 unspecified atom stereocenters. The minimum absolute atomic E-state index is 0.0412. The van der Waals surface area contributed by atoms with Gasteiger partial charge in [0.05, 0.1) is 12.6 Å². The summed E-state index contributed by atoms with van der Waals surface area (Å²) < 4.78 is 10.2. The van der Waals surface area contributed by atoms with E-state index in [4.69, 9.17) is 9.47 Å². The van der Waals surface area contributed by atoms with Gasteiger partial charge in [-0.1, -0.05) is 0 Å². The van der Waals surface area contributed by atoms with Crippen molar-refractivity contribution >= 4 is 6.03 Å². The molecule has 0 aromatic heterocycles. The van der Waals surface area contributed by atoms with Crippen LogP contribution in [0.1, 0.15) is 25.7 Å². The molecule has 0 aromatic rings. The van der Waals surface area contributed by atoms with Crippen molar-refractivity contribution in [3.63, 3.8) is 0 Å². The van der Waals surface area contributed by atoms with Crippen LogP contribution in [0.4, 0.5) is 4.79 Å². The molecular weight excluding hydrogens is 248 g/mol. The van der Waals surface area contributed by atoms with E-state index in [0.29, 0.717) is 6.54 Å². The first kappa shape index (κ1) is 16.2. The number of aliphatic hydroxyl groups is 1. The van der Waals surface area contributed by atoms with Crippen LogP contribution in [-0.4, -0.2) is 74.2 Å². The molecule has 0 radical (unpaired) electrons. The average molecular weight is 274 g/mol. The van der Waals surface area contributed by atoms with Gasteiger partial charge in [-0.15, -0.1) is 0 Å². The Morgan fingerprint density at radius 2 is 1.74 bits per heavy atom. The number of ether oxygens (including phenoxy) is 2. The highest BCUT2D eigenvalue weighted by molar-refractivity contribution is 5.74. The fourth-order valence-corrected chi connectivity index (χ4v) is 2.42. The summed E-state index contributed by atoms with van der Waals surface area (Å²) in [5.41, 5.74) is 0. The van der Waals surface area contributed by atoms with Gasteiger partial charge in [0.1, 0.15) is 0 Å². The van der Waals surface area contributed by atoms with Gasteiger partial charge in [0.25, 0.3) is 0 Å². The van der Waals surface area contributed by atoms with Gasteiger partial charge in [-0.05, 0) is 25.7 Å². The van der Waals surface area contributed by atoms with Crippen molar-refractivity contribution in [1.29, 1.82) is 0 Å². The number of aliphatic hydroxyl groups excluding tert-OH is 1.